The fraction of sp³-hybridized carbons (Fsp3) is 0.273. The van der Waals surface area contributed by atoms with E-state index >= 15 is 0 Å². The van der Waals surface area contributed by atoms with Crippen molar-refractivity contribution in [3.05, 3.63) is 30.3 Å². The Balaban J connectivity index is 2.58. The molecule has 1 aromatic carbocycles. The number of hydrogen-bond donors (Lipinski definition) is 2. The van der Waals surface area contributed by atoms with Gasteiger partial charge in [-0.15, -0.1) is 0 Å². The highest BCUT2D eigenvalue weighted by Gasteiger charge is 2.12. The van der Waals surface area contributed by atoms with E-state index in [2.05, 4.69) is 10.6 Å². The predicted octanol–water partition coefficient (Wildman–Crippen LogP) is 1.56. The number of carbonyl (C=O) groups excluding carboxylic acids is 2. The zero-order chi connectivity index (χ0) is 12.0. The van der Waals surface area contributed by atoms with Crippen LogP contribution in [0.3, 0.4) is 0 Å². The highest BCUT2D eigenvalue weighted by molar-refractivity contribution is 6.01. The van der Waals surface area contributed by atoms with E-state index in [-0.39, 0.29) is 0 Å². The van der Waals surface area contributed by atoms with E-state index in [4.69, 9.17) is 0 Å². The number of anilines is 1. The minimum absolute atomic E-state index is 0.461. The fourth-order valence-electron chi connectivity index (χ4n) is 1.15. The van der Waals surface area contributed by atoms with Crippen LogP contribution in [0.2, 0.25) is 0 Å². The van der Waals surface area contributed by atoms with E-state index in [1.54, 1.807) is 26.1 Å². The lowest BCUT2D eigenvalue weighted by atomic mass is 10.3. The Morgan fingerprint density at radius 3 is 2.44 bits per heavy atom. The van der Waals surface area contributed by atoms with Crippen LogP contribution >= 0.6 is 0 Å². The fourth-order valence-corrected chi connectivity index (χ4v) is 1.15. The summed E-state index contributed by atoms with van der Waals surface area (Å²) in [6.45, 7) is 2.26. The summed E-state index contributed by atoms with van der Waals surface area (Å²) in [6.07, 6.45) is 0. The van der Waals surface area contributed by atoms with E-state index in [1.807, 2.05) is 18.2 Å². The summed E-state index contributed by atoms with van der Waals surface area (Å²) in [5, 5.41) is 4.70. The normalized spacial score (nSPS) is 9.38. The molecule has 16 heavy (non-hydrogen) atoms. The third-order valence-electron chi connectivity index (χ3n) is 2.01. The van der Waals surface area contributed by atoms with Crippen LogP contribution in [0.25, 0.3) is 0 Å². The topological polar surface area (TPSA) is 61.4 Å². The zero-order valence-electron chi connectivity index (χ0n) is 9.36. The molecule has 0 saturated carbocycles. The van der Waals surface area contributed by atoms with E-state index in [9.17, 15) is 9.59 Å². The molecule has 0 saturated heterocycles. The summed E-state index contributed by atoms with van der Waals surface area (Å²) >= 11 is 0. The number of para-hydroxylation sites is 1. The molecule has 5 heteroatoms. The molecule has 0 unspecified atom stereocenters. The maximum absolute atomic E-state index is 11.6. The Labute approximate surface area is 94.4 Å². The monoisotopic (exact) mass is 221 g/mol. The molecule has 0 fully saturated rings. The van der Waals surface area contributed by atoms with Crippen LogP contribution in [-0.4, -0.2) is 25.7 Å². The summed E-state index contributed by atoms with van der Waals surface area (Å²) in [5.41, 5.74) is 0.726. The summed E-state index contributed by atoms with van der Waals surface area (Å²) in [5.74, 6) is 0. The molecule has 0 aliphatic carbocycles. The first-order valence-electron chi connectivity index (χ1n) is 5.02. The zero-order valence-corrected chi connectivity index (χ0v) is 9.36. The van der Waals surface area contributed by atoms with Gasteiger partial charge in [-0.2, -0.15) is 0 Å². The molecule has 1 rings (SSSR count). The van der Waals surface area contributed by atoms with Gasteiger partial charge in [-0.25, -0.2) is 9.59 Å². The van der Waals surface area contributed by atoms with E-state index in [0.717, 1.165) is 5.69 Å². The molecule has 0 bridgehead atoms. The van der Waals surface area contributed by atoms with Gasteiger partial charge in [-0.1, -0.05) is 18.2 Å². The second-order valence-corrected chi connectivity index (χ2v) is 3.18. The lowest BCUT2D eigenvalue weighted by Gasteiger charge is -2.17. The average molecular weight is 221 g/mol. The van der Waals surface area contributed by atoms with Crippen LogP contribution in [0.1, 0.15) is 6.92 Å². The molecule has 0 heterocycles. The molecule has 5 nitrogen and oxygen atoms in total. The second-order valence-electron chi connectivity index (χ2n) is 3.18. The van der Waals surface area contributed by atoms with Crippen molar-refractivity contribution in [1.82, 2.24) is 10.6 Å². The maximum Gasteiger partial charge on any atom is 0.329 e. The Kier molecular flexibility index (Phi) is 4.32. The molecular formula is C11H15N3O2. The third kappa shape index (κ3) is 3.27. The first kappa shape index (κ1) is 12.0. The predicted molar refractivity (Wildman–Crippen MR) is 62.4 cm³/mol. The number of nitrogens with one attached hydrogen (secondary N) is 2. The molecule has 0 aliphatic rings. The Morgan fingerprint density at radius 2 is 1.88 bits per heavy atom. The number of amides is 4. The molecule has 1 aromatic rings. The SMILES string of the molecule is CCNC(=O)NC(=O)N(C)c1ccccc1. The minimum atomic E-state index is -0.490. The number of benzene rings is 1. The smallest absolute Gasteiger partial charge is 0.329 e. The summed E-state index contributed by atoms with van der Waals surface area (Å²) in [7, 11) is 1.60. The van der Waals surface area contributed by atoms with Gasteiger partial charge in [0.05, 0.1) is 0 Å². The van der Waals surface area contributed by atoms with Crippen molar-refractivity contribution in [2.24, 2.45) is 0 Å². The van der Waals surface area contributed by atoms with Crippen LogP contribution in [0.15, 0.2) is 30.3 Å². The first-order valence-corrected chi connectivity index (χ1v) is 5.02. The van der Waals surface area contributed by atoms with Crippen molar-refractivity contribution in [2.45, 2.75) is 6.92 Å². The number of rotatable bonds is 2. The minimum Gasteiger partial charge on any atom is -0.338 e. The van der Waals surface area contributed by atoms with Crippen LogP contribution in [0.4, 0.5) is 15.3 Å². The van der Waals surface area contributed by atoms with Gasteiger partial charge in [-0.05, 0) is 19.1 Å². The van der Waals surface area contributed by atoms with Gasteiger partial charge in [0.1, 0.15) is 0 Å². The van der Waals surface area contributed by atoms with Crippen LogP contribution < -0.4 is 15.5 Å². The molecule has 0 atom stereocenters. The second kappa shape index (κ2) is 5.75. The number of carbonyl (C=O) groups is 2. The largest absolute Gasteiger partial charge is 0.338 e. The summed E-state index contributed by atoms with van der Waals surface area (Å²) in [6, 6.07) is 8.14. The van der Waals surface area contributed by atoms with Crippen LogP contribution in [0, 0.1) is 0 Å². The van der Waals surface area contributed by atoms with Crippen molar-refractivity contribution in [3.63, 3.8) is 0 Å². The lowest BCUT2D eigenvalue weighted by Crippen LogP contribution is -2.45. The molecule has 0 aliphatic heterocycles. The van der Waals surface area contributed by atoms with Crippen molar-refractivity contribution in [1.29, 1.82) is 0 Å². The third-order valence-corrected chi connectivity index (χ3v) is 2.01. The number of nitrogens with zero attached hydrogens (tertiary/aromatic N) is 1. The highest BCUT2D eigenvalue weighted by atomic mass is 16.2. The highest BCUT2D eigenvalue weighted by Crippen LogP contribution is 2.10. The molecule has 0 spiro atoms. The van der Waals surface area contributed by atoms with Gasteiger partial charge < -0.3 is 5.32 Å². The lowest BCUT2D eigenvalue weighted by molar-refractivity contribution is 0.231. The molecule has 4 amide bonds. The summed E-state index contributed by atoms with van der Waals surface area (Å²) < 4.78 is 0. The van der Waals surface area contributed by atoms with E-state index in [0.29, 0.717) is 6.54 Å². The van der Waals surface area contributed by atoms with Crippen LogP contribution in [-0.2, 0) is 0 Å². The van der Waals surface area contributed by atoms with E-state index < -0.39 is 12.1 Å². The van der Waals surface area contributed by atoms with Gasteiger partial charge >= 0.3 is 12.1 Å². The summed E-state index contributed by atoms with van der Waals surface area (Å²) in [4.78, 5) is 24.1. The molecule has 86 valence electrons. The van der Waals surface area contributed by atoms with Gasteiger partial charge in [0.2, 0.25) is 0 Å². The van der Waals surface area contributed by atoms with Gasteiger partial charge in [0.25, 0.3) is 0 Å². The molecule has 0 radical (unpaired) electrons. The Bertz CT molecular complexity index is 365. The Morgan fingerprint density at radius 1 is 1.25 bits per heavy atom. The maximum atomic E-state index is 11.6. The van der Waals surface area contributed by atoms with Crippen LogP contribution in [0.5, 0.6) is 0 Å². The van der Waals surface area contributed by atoms with Crippen molar-refractivity contribution < 1.29 is 9.59 Å². The average Bonchev–Trinajstić information content (AvgIpc) is 2.29. The van der Waals surface area contributed by atoms with Gasteiger partial charge in [-0.3, -0.25) is 10.2 Å². The van der Waals surface area contributed by atoms with Crippen molar-refractivity contribution >= 4 is 17.7 Å². The van der Waals surface area contributed by atoms with Gasteiger partial charge in [0, 0.05) is 19.3 Å². The number of imide groups is 1. The standard InChI is InChI=1S/C11H15N3O2/c1-3-12-10(15)13-11(16)14(2)9-7-5-4-6-8-9/h4-8H,3H2,1-2H3,(H2,12,13,15,16). The van der Waals surface area contributed by atoms with Crippen molar-refractivity contribution in [3.8, 4) is 0 Å². The quantitative estimate of drug-likeness (QED) is 0.796. The van der Waals surface area contributed by atoms with Crippen molar-refractivity contribution in [2.75, 3.05) is 18.5 Å². The molecule has 2 N–H and O–H groups in total. The van der Waals surface area contributed by atoms with E-state index in [1.165, 1.54) is 4.90 Å². The molecular weight excluding hydrogens is 206 g/mol. The Hall–Kier alpha value is -2.04. The number of hydrogen-bond acceptors (Lipinski definition) is 2. The van der Waals surface area contributed by atoms with Gasteiger partial charge in [0.15, 0.2) is 0 Å². The first-order chi connectivity index (χ1) is 7.65. The molecule has 0 aromatic heterocycles. The number of urea groups is 2.